The van der Waals surface area contributed by atoms with E-state index >= 15 is 0 Å². The minimum absolute atomic E-state index is 0.0460. The molecule has 1 N–H and O–H groups in total. The molecule has 0 fully saturated rings. The molecule has 1 aliphatic rings. The smallest absolute Gasteiger partial charge is 0.253 e. The number of para-hydroxylation sites is 1. The van der Waals surface area contributed by atoms with Crippen molar-refractivity contribution in [1.29, 1.82) is 0 Å². The van der Waals surface area contributed by atoms with Gasteiger partial charge in [-0.2, -0.15) is 0 Å². The first-order valence-corrected chi connectivity index (χ1v) is 10.8. The van der Waals surface area contributed by atoms with Crippen molar-refractivity contribution in [2.75, 3.05) is 4.90 Å². The van der Waals surface area contributed by atoms with Gasteiger partial charge in [-0.05, 0) is 49.7 Å². The molecule has 3 heterocycles. The Morgan fingerprint density at radius 3 is 2.56 bits per heavy atom. The third kappa shape index (κ3) is 3.81. The lowest BCUT2D eigenvalue weighted by Gasteiger charge is -2.20. The molecule has 5 rings (SSSR count). The first-order chi connectivity index (χ1) is 16.2. The summed E-state index contributed by atoms with van der Waals surface area (Å²) in [4.78, 5) is 31.8. The Kier molecular flexibility index (Phi) is 5.16. The third-order valence-corrected chi connectivity index (χ3v) is 5.96. The highest BCUT2D eigenvalue weighted by molar-refractivity contribution is 6.08. The summed E-state index contributed by atoms with van der Waals surface area (Å²) in [6.45, 7) is 3.60. The SMILES string of the molecule is CC1(C)C(=O)N(Cc2cc(F)cc(F)c2)c2cc(C(=O)NCc3cc4ccccc4o3)cnc21. The van der Waals surface area contributed by atoms with E-state index in [0.717, 1.165) is 17.0 Å². The van der Waals surface area contributed by atoms with Crippen molar-refractivity contribution >= 4 is 28.5 Å². The number of carbonyl (C=O) groups is 2. The van der Waals surface area contributed by atoms with E-state index in [1.165, 1.54) is 23.2 Å². The largest absolute Gasteiger partial charge is 0.459 e. The third-order valence-electron chi connectivity index (χ3n) is 5.96. The second-order valence-electron chi connectivity index (χ2n) is 8.82. The molecule has 172 valence electrons. The Hall–Kier alpha value is -4.07. The van der Waals surface area contributed by atoms with E-state index in [1.54, 1.807) is 19.9 Å². The predicted octanol–water partition coefficient (Wildman–Crippen LogP) is 4.86. The number of hydrogen-bond donors (Lipinski definition) is 1. The van der Waals surface area contributed by atoms with Crippen LogP contribution in [0.2, 0.25) is 0 Å². The molecule has 0 saturated heterocycles. The Morgan fingerprint density at radius 1 is 1.09 bits per heavy atom. The highest BCUT2D eigenvalue weighted by Crippen LogP contribution is 2.41. The molecule has 34 heavy (non-hydrogen) atoms. The second kappa shape index (κ2) is 8.06. The molecule has 2 aromatic heterocycles. The van der Waals surface area contributed by atoms with Gasteiger partial charge in [0.1, 0.15) is 23.0 Å². The van der Waals surface area contributed by atoms with Crippen molar-refractivity contribution in [1.82, 2.24) is 10.3 Å². The number of amides is 2. The van der Waals surface area contributed by atoms with Crippen LogP contribution in [0, 0.1) is 11.6 Å². The molecule has 0 radical (unpaired) electrons. The summed E-state index contributed by atoms with van der Waals surface area (Å²) in [6.07, 6.45) is 1.42. The summed E-state index contributed by atoms with van der Waals surface area (Å²) in [5.41, 5.74) is 1.30. The fraction of sp³-hybridized carbons (Fsp3) is 0.192. The molecule has 2 aromatic carbocycles. The molecular weight excluding hydrogens is 440 g/mol. The number of carbonyl (C=O) groups excluding carboxylic acids is 2. The Morgan fingerprint density at radius 2 is 1.82 bits per heavy atom. The van der Waals surface area contributed by atoms with Crippen LogP contribution in [0.25, 0.3) is 11.0 Å². The van der Waals surface area contributed by atoms with Crippen molar-refractivity contribution < 1.29 is 22.8 Å². The molecular formula is C26H21F2N3O3. The standard InChI is InChI=1S/C26H21F2N3O3/c1-26(2)23-21(31(25(26)33)14-15-7-18(27)11-19(28)8-15)10-17(12-29-23)24(32)30-13-20-9-16-5-3-4-6-22(16)34-20/h3-12H,13-14H2,1-2H3,(H,30,32). The Labute approximate surface area is 194 Å². The number of rotatable bonds is 5. The monoisotopic (exact) mass is 461 g/mol. The minimum atomic E-state index is -0.940. The van der Waals surface area contributed by atoms with Crippen LogP contribution >= 0.6 is 0 Å². The molecule has 0 unspecified atom stereocenters. The van der Waals surface area contributed by atoms with E-state index in [0.29, 0.717) is 22.7 Å². The molecule has 0 saturated carbocycles. The van der Waals surface area contributed by atoms with E-state index in [2.05, 4.69) is 10.3 Å². The topological polar surface area (TPSA) is 75.4 Å². The highest BCUT2D eigenvalue weighted by atomic mass is 19.1. The van der Waals surface area contributed by atoms with Crippen molar-refractivity contribution in [2.24, 2.45) is 0 Å². The number of pyridine rings is 1. The number of fused-ring (bicyclic) bond motifs is 2. The number of nitrogens with one attached hydrogen (secondary N) is 1. The Balaban J connectivity index is 1.40. The van der Waals surface area contributed by atoms with E-state index in [9.17, 15) is 18.4 Å². The average molecular weight is 461 g/mol. The van der Waals surface area contributed by atoms with Gasteiger partial charge < -0.3 is 14.6 Å². The van der Waals surface area contributed by atoms with Crippen LogP contribution in [0.15, 0.2) is 65.2 Å². The second-order valence-corrected chi connectivity index (χ2v) is 8.82. The molecule has 8 heteroatoms. The molecule has 6 nitrogen and oxygen atoms in total. The first-order valence-electron chi connectivity index (χ1n) is 10.8. The van der Waals surface area contributed by atoms with Gasteiger partial charge >= 0.3 is 0 Å². The van der Waals surface area contributed by atoms with E-state index in [4.69, 9.17) is 4.42 Å². The van der Waals surface area contributed by atoms with Gasteiger partial charge in [0.05, 0.1) is 35.4 Å². The lowest BCUT2D eigenvalue weighted by molar-refractivity contribution is -0.122. The zero-order valence-electron chi connectivity index (χ0n) is 18.6. The summed E-state index contributed by atoms with van der Waals surface area (Å²) in [5.74, 6) is -1.49. The predicted molar refractivity (Wildman–Crippen MR) is 122 cm³/mol. The maximum absolute atomic E-state index is 13.7. The number of anilines is 1. The van der Waals surface area contributed by atoms with Gasteiger partial charge in [0.15, 0.2) is 0 Å². The number of furan rings is 1. The molecule has 4 aromatic rings. The lowest BCUT2D eigenvalue weighted by atomic mass is 9.90. The van der Waals surface area contributed by atoms with Crippen LogP contribution < -0.4 is 10.2 Å². The molecule has 0 atom stereocenters. The van der Waals surface area contributed by atoms with Gasteiger partial charge in [0, 0.05) is 17.6 Å². The zero-order valence-corrected chi connectivity index (χ0v) is 18.6. The number of aromatic nitrogens is 1. The van der Waals surface area contributed by atoms with Crippen molar-refractivity contribution in [2.45, 2.75) is 32.4 Å². The van der Waals surface area contributed by atoms with Crippen LogP contribution in [-0.4, -0.2) is 16.8 Å². The fourth-order valence-corrected chi connectivity index (χ4v) is 4.25. The average Bonchev–Trinajstić information content (AvgIpc) is 3.29. The van der Waals surface area contributed by atoms with Gasteiger partial charge in [0.2, 0.25) is 5.91 Å². The minimum Gasteiger partial charge on any atom is -0.459 e. The number of benzene rings is 2. The van der Waals surface area contributed by atoms with Gasteiger partial charge in [-0.1, -0.05) is 18.2 Å². The molecule has 0 bridgehead atoms. The first kappa shape index (κ1) is 21.8. The van der Waals surface area contributed by atoms with E-state index < -0.39 is 17.0 Å². The number of halogens is 2. The zero-order chi connectivity index (χ0) is 24.0. The summed E-state index contributed by atoms with van der Waals surface area (Å²) in [5, 5.41) is 3.74. The maximum Gasteiger partial charge on any atom is 0.253 e. The highest BCUT2D eigenvalue weighted by Gasteiger charge is 2.45. The van der Waals surface area contributed by atoms with Crippen LogP contribution in [-0.2, 0) is 23.3 Å². The summed E-state index contributed by atoms with van der Waals surface area (Å²) in [7, 11) is 0. The summed E-state index contributed by atoms with van der Waals surface area (Å²) >= 11 is 0. The van der Waals surface area contributed by atoms with Crippen molar-refractivity contribution in [3.05, 3.63) is 95.0 Å². The number of nitrogens with zero attached hydrogens (tertiary/aromatic N) is 2. The number of hydrogen-bond acceptors (Lipinski definition) is 4. The summed E-state index contributed by atoms with van der Waals surface area (Å²) < 4.78 is 33.1. The van der Waals surface area contributed by atoms with Gasteiger partial charge in [-0.3, -0.25) is 14.6 Å². The van der Waals surface area contributed by atoms with E-state index in [1.807, 2.05) is 30.3 Å². The van der Waals surface area contributed by atoms with Crippen LogP contribution in [0.1, 0.15) is 41.2 Å². The molecule has 2 amide bonds. The van der Waals surface area contributed by atoms with Crippen LogP contribution in [0.5, 0.6) is 0 Å². The maximum atomic E-state index is 13.7. The lowest BCUT2D eigenvalue weighted by Crippen LogP contribution is -2.36. The fourth-order valence-electron chi connectivity index (χ4n) is 4.25. The van der Waals surface area contributed by atoms with Gasteiger partial charge in [-0.25, -0.2) is 8.78 Å². The molecule has 0 spiro atoms. The molecule has 1 aliphatic heterocycles. The van der Waals surface area contributed by atoms with Crippen molar-refractivity contribution in [3.8, 4) is 0 Å². The normalized spacial score (nSPS) is 14.5. The Bertz CT molecular complexity index is 1390. The summed E-state index contributed by atoms with van der Waals surface area (Å²) in [6, 6.07) is 14.1. The van der Waals surface area contributed by atoms with Crippen molar-refractivity contribution in [3.63, 3.8) is 0 Å². The van der Waals surface area contributed by atoms with Crippen LogP contribution in [0.3, 0.4) is 0 Å². The van der Waals surface area contributed by atoms with Gasteiger partial charge in [0.25, 0.3) is 5.91 Å². The van der Waals surface area contributed by atoms with E-state index in [-0.39, 0.29) is 30.5 Å². The van der Waals surface area contributed by atoms with Crippen LogP contribution in [0.4, 0.5) is 14.5 Å². The quantitative estimate of drug-likeness (QED) is 0.461. The molecule has 0 aliphatic carbocycles. The van der Waals surface area contributed by atoms with Gasteiger partial charge in [-0.15, -0.1) is 0 Å².